The van der Waals surface area contributed by atoms with Crippen molar-refractivity contribution in [3.05, 3.63) is 57.6 Å². The third kappa shape index (κ3) is 4.41. The van der Waals surface area contributed by atoms with Crippen LogP contribution in [-0.4, -0.2) is 29.6 Å². The fourth-order valence-corrected chi connectivity index (χ4v) is 4.42. The first-order chi connectivity index (χ1) is 13.2. The zero-order chi connectivity index (χ0) is 18.6. The Balaban J connectivity index is 1.16. The van der Waals surface area contributed by atoms with Crippen molar-refractivity contribution in [3.63, 3.8) is 0 Å². The third-order valence-electron chi connectivity index (χ3n) is 5.84. The van der Waals surface area contributed by atoms with Crippen molar-refractivity contribution in [1.29, 1.82) is 0 Å². The van der Waals surface area contributed by atoms with Crippen LogP contribution in [0, 0.1) is 10.5 Å². The summed E-state index contributed by atoms with van der Waals surface area (Å²) in [4.78, 5) is 2.75. The Morgan fingerprint density at radius 3 is 2.70 bits per heavy atom. The van der Waals surface area contributed by atoms with Crippen LogP contribution in [0.3, 0.4) is 0 Å². The lowest BCUT2D eigenvalue weighted by atomic mass is 10.0. The van der Waals surface area contributed by atoms with Crippen LogP contribution in [0.5, 0.6) is 0 Å². The Kier molecular flexibility index (Phi) is 5.89. The molecule has 1 aromatic heterocycles. The summed E-state index contributed by atoms with van der Waals surface area (Å²) in [5, 5.41) is 4.25. The van der Waals surface area contributed by atoms with Gasteiger partial charge in [-0.05, 0) is 55.2 Å². The van der Waals surface area contributed by atoms with Crippen molar-refractivity contribution in [2.24, 2.45) is 0 Å². The van der Waals surface area contributed by atoms with Gasteiger partial charge >= 0.3 is 0 Å². The number of aromatic nitrogens is 1. The number of hydrogen-bond donors (Lipinski definition) is 1. The Bertz CT molecular complexity index is 848. The Morgan fingerprint density at radius 2 is 1.85 bits per heavy atom. The number of aryl methyl sites for hydroxylation is 3. The van der Waals surface area contributed by atoms with Gasteiger partial charge in [0.2, 0.25) is 0 Å². The number of nitrogens with zero attached hydrogens (tertiary/aromatic N) is 2. The standard InChI is InChI=1S/C22H28FN3S/c23-20-16-24-22(27)15-21(20)26-13-12-25(26)11-4-2-1-3-6-17-9-10-18-7-5-8-19(18)14-17/h9-10,14-16H,1-8,11-13H2,(H,24,27). The van der Waals surface area contributed by atoms with Crippen molar-refractivity contribution in [2.75, 3.05) is 24.6 Å². The fraction of sp³-hybridized carbons (Fsp3) is 0.500. The molecule has 0 amide bonds. The van der Waals surface area contributed by atoms with Gasteiger partial charge in [-0.15, -0.1) is 0 Å². The number of H-pyrrole nitrogens is 1. The van der Waals surface area contributed by atoms with Crippen LogP contribution in [0.15, 0.2) is 30.5 Å². The lowest BCUT2D eigenvalue weighted by molar-refractivity contribution is 0.165. The lowest BCUT2D eigenvalue weighted by Gasteiger charge is -2.45. The van der Waals surface area contributed by atoms with Gasteiger partial charge in [0.25, 0.3) is 0 Å². The maximum absolute atomic E-state index is 14.0. The van der Waals surface area contributed by atoms with Crippen molar-refractivity contribution in [3.8, 4) is 0 Å². The Labute approximate surface area is 166 Å². The summed E-state index contributed by atoms with van der Waals surface area (Å²) in [6.45, 7) is 2.86. The number of hydrogen-bond acceptors (Lipinski definition) is 3. The van der Waals surface area contributed by atoms with E-state index in [0.29, 0.717) is 10.3 Å². The van der Waals surface area contributed by atoms with E-state index in [9.17, 15) is 4.39 Å². The first kappa shape index (κ1) is 18.6. The van der Waals surface area contributed by atoms with Crippen LogP contribution in [-0.2, 0) is 19.3 Å². The molecule has 2 heterocycles. The SMILES string of the molecule is Fc1c[nH]c(=S)cc1N1CCN1CCCCCCc1ccc2c(c1)CCC2. The quantitative estimate of drug-likeness (QED) is 0.498. The van der Waals surface area contributed by atoms with Gasteiger partial charge in [-0.25, -0.2) is 9.40 Å². The van der Waals surface area contributed by atoms with E-state index in [1.54, 1.807) is 17.2 Å². The molecule has 2 aliphatic rings. The summed E-state index contributed by atoms with van der Waals surface area (Å²) < 4.78 is 14.6. The molecular formula is C22H28FN3S. The highest BCUT2D eigenvalue weighted by Gasteiger charge is 2.27. The minimum absolute atomic E-state index is 0.234. The smallest absolute Gasteiger partial charge is 0.163 e. The summed E-state index contributed by atoms with van der Waals surface area (Å²) >= 11 is 5.12. The van der Waals surface area contributed by atoms with E-state index in [-0.39, 0.29) is 5.82 Å². The van der Waals surface area contributed by atoms with Gasteiger partial charge in [0.1, 0.15) is 4.64 Å². The first-order valence-corrected chi connectivity index (χ1v) is 10.6. The third-order valence-corrected chi connectivity index (χ3v) is 6.07. The van der Waals surface area contributed by atoms with Crippen LogP contribution >= 0.6 is 12.2 Å². The molecule has 1 fully saturated rings. The maximum Gasteiger partial charge on any atom is 0.163 e. The lowest BCUT2D eigenvalue weighted by Crippen LogP contribution is -2.57. The number of unbranched alkanes of at least 4 members (excludes halogenated alkanes) is 3. The van der Waals surface area contributed by atoms with Crippen molar-refractivity contribution in [2.45, 2.75) is 51.4 Å². The largest absolute Gasteiger partial charge is 0.350 e. The Morgan fingerprint density at radius 1 is 1.00 bits per heavy atom. The molecule has 0 atom stereocenters. The molecular weight excluding hydrogens is 357 g/mol. The second kappa shape index (κ2) is 8.53. The summed E-state index contributed by atoms with van der Waals surface area (Å²) in [6.07, 6.45) is 11.3. The van der Waals surface area contributed by atoms with Crippen LogP contribution < -0.4 is 5.01 Å². The summed E-state index contributed by atoms with van der Waals surface area (Å²) in [5.41, 5.74) is 5.24. The summed E-state index contributed by atoms with van der Waals surface area (Å²) in [5.74, 6) is -0.234. The van der Waals surface area contributed by atoms with Gasteiger partial charge in [0.15, 0.2) is 5.82 Å². The van der Waals surface area contributed by atoms with Gasteiger partial charge < -0.3 is 9.99 Å². The molecule has 0 radical (unpaired) electrons. The number of hydrazine groups is 1. The van der Waals surface area contributed by atoms with Gasteiger partial charge in [-0.1, -0.05) is 43.3 Å². The average molecular weight is 386 g/mol. The molecule has 0 spiro atoms. The zero-order valence-corrected chi connectivity index (χ0v) is 16.7. The fourth-order valence-electron chi connectivity index (χ4n) is 4.25. The molecule has 1 aliphatic heterocycles. The zero-order valence-electron chi connectivity index (χ0n) is 15.8. The number of rotatable bonds is 8. The molecule has 27 heavy (non-hydrogen) atoms. The highest BCUT2D eigenvalue weighted by atomic mass is 32.1. The molecule has 2 aromatic rings. The van der Waals surface area contributed by atoms with E-state index in [4.69, 9.17) is 12.2 Å². The summed E-state index contributed by atoms with van der Waals surface area (Å²) in [6, 6.07) is 8.80. The van der Waals surface area contributed by atoms with Crippen molar-refractivity contribution in [1.82, 2.24) is 9.99 Å². The van der Waals surface area contributed by atoms with Gasteiger partial charge in [0, 0.05) is 31.9 Å². The molecule has 0 bridgehead atoms. The van der Waals surface area contributed by atoms with Crippen molar-refractivity contribution < 1.29 is 4.39 Å². The molecule has 144 valence electrons. The summed E-state index contributed by atoms with van der Waals surface area (Å²) in [7, 11) is 0. The number of anilines is 1. The van der Waals surface area contributed by atoms with E-state index in [0.717, 1.165) is 26.1 Å². The average Bonchev–Trinajstić information content (AvgIpc) is 3.11. The van der Waals surface area contributed by atoms with Gasteiger partial charge in [0.05, 0.1) is 5.69 Å². The van der Waals surface area contributed by atoms with Crippen LogP contribution in [0.4, 0.5) is 10.1 Å². The van der Waals surface area contributed by atoms with E-state index >= 15 is 0 Å². The predicted octanol–water partition coefficient (Wildman–Crippen LogP) is 5.21. The number of halogens is 1. The second-order valence-corrected chi connectivity index (χ2v) is 8.17. The highest BCUT2D eigenvalue weighted by Crippen LogP contribution is 2.26. The number of fused-ring (bicyclic) bond motifs is 1. The molecule has 0 unspecified atom stereocenters. The number of aromatic amines is 1. The van der Waals surface area contributed by atoms with E-state index < -0.39 is 0 Å². The van der Waals surface area contributed by atoms with Crippen LogP contribution in [0.1, 0.15) is 48.8 Å². The molecule has 3 nitrogen and oxygen atoms in total. The van der Waals surface area contributed by atoms with Crippen LogP contribution in [0.25, 0.3) is 0 Å². The number of benzene rings is 1. The molecule has 1 N–H and O–H groups in total. The number of nitrogens with one attached hydrogen (secondary N) is 1. The predicted molar refractivity (Wildman–Crippen MR) is 111 cm³/mol. The maximum atomic E-state index is 14.0. The molecule has 5 heteroatoms. The van der Waals surface area contributed by atoms with Gasteiger partial charge in [-0.3, -0.25) is 0 Å². The molecule has 1 saturated heterocycles. The molecule has 1 aromatic carbocycles. The monoisotopic (exact) mass is 385 g/mol. The van der Waals surface area contributed by atoms with E-state index in [1.807, 2.05) is 5.01 Å². The van der Waals surface area contributed by atoms with E-state index in [2.05, 4.69) is 28.2 Å². The number of pyridine rings is 1. The normalized spacial score (nSPS) is 16.4. The molecule has 0 saturated carbocycles. The molecule has 4 rings (SSSR count). The molecule has 1 aliphatic carbocycles. The minimum atomic E-state index is -0.234. The topological polar surface area (TPSA) is 22.3 Å². The second-order valence-electron chi connectivity index (χ2n) is 7.73. The minimum Gasteiger partial charge on any atom is -0.350 e. The van der Waals surface area contributed by atoms with Gasteiger partial charge in [-0.2, -0.15) is 0 Å². The Hall–Kier alpha value is -1.72. The van der Waals surface area contributed by atoms with Crippen molar-refractivity contribution >= 4 is 17.9 Å². The van der Waals surface area contributed by atoms with Crippen LogP contribution in [0.2, 0.25) is 0 Å². The first-order valence-electron chi connectivity index (χ1n) is 10.2. The highest BCUT2D eigenvalue weighted by molar-refractivity contribution is 7.71. The van der Waals surface area contributed by atoms with E-state index in [1.165, 1.54) is 56.7 Å².